The van der Waals surface area contributed by atoms with E-state index in [9.17, 15) is 13.6 Å². The molecule has 1 aliphatic carbocycles. The zero-order valence-corrected chi connectivity index (χ0v) is 12.4. The zero-order valence-electron chi connectivity index (χ0n) is 12.4. The number of nitrogens with zero attached hydrogens (tertiary/aromatic N) is 1. The fraction of sp³-hybridized carbons (Fsp3) is 0.278. The molecule has 2 aromatic rings. The molecular weight excluding hydrogens is 284 g/mol. The SMILES string of the molecule is CN(Cc1ccc(F)cc1)C(=O)C1(c2ccc(F)cc2)CC1. The Morgan fingerprint density at radius 3 is 2.00 bits per heavy atom. The van der Waals surface area contributed by atoms with Gasteiger partial charge in [-0.15, -0.1) is 0 Å². The first-order valence-electron chi connectivity index (χ1n) is 7.27. The van der Waals surface area contributed by atoms with Gasteiger partial charge in [0.25, 0.3) is 0 Å². The minimum Gasteiger partial charge on any atom is -0.341 e. The second-order valence-corrected chi connectivity index (χ2v) is 5.88. The lowest BCUT2D eigenvalue weighted by molar-refractivity contribution is -0.133. The van der Waals surface area contributed by atoms with E-state index in [4.69, 9.17) is 0 Å². The van der Waals surface area contributed by atoms with Gasteiger partial charge in [-0.2, -0.15) is 0 Å². The topological polar surface area (TPSA) is 20.3 Å². The van der Waals surface area contributed by atoms with Gasteiger partial charge < -0.3 is 4.90 Å². The highest BCUT2D eigenvalue weighted by Gasteiger charge is 2.52. The van der Waals surface area contributed by atoms with Gasteiger partial charge in [-0.05, 0) is 48.2 Å². The van der Waals surface area contributed by atoms with E-state index in [1.165, 1.54) is 24.3 Å². The summed E-state index contributed by atoms with van der Waals surface area (Å²) in [6.07, 6.45) is 1.57. The Balaban J connectivity index is 1.75. The van der Waals surface area contributed by atoms with Gasteiger partial charge in [0.05, 0.1) is 5.41 Å². The molecule has 0 aromatic heterocycles. The summed E-state index contributed by atoms with van der Waals surface area (Å²) in [5.74, 6) is -0.558. The number of hydrogen-bond acceptors (Lipinski definition) is 1. The van der Waals surface area contributed by atoms with Crippen molar-refractivity contribution in [3.63, 3.8) is 0 Å². The smallest absolute Gasteiger partial charge is 0.233 e. The molecule has 0 aliphatic heterocycles. The minimum absolute atomic E-state index is 0.0310. The van der Waals surface area contributed by atoms with Crippen LogP contribution in [-0.2, 0) is 16.8 Å². The van der Waals surface area contributed by atoms with Crippen LogP contribution in [0.4, 0.5) is 8.78 Å². The van der Waals surface area contributed by atoms with Crippen LogP contribution in [0.5, 0.6) is 0 Å². The molecule has 1 aliphatic rings. The largest absolute Gasteiger partial charge is 0.341 e. The third-order valence-corrected chi connectivity index (χ3v) is 4.24. The fourth-order valence-electron chi connectivity index (χ4n) is 2.82. The molecule has 22 heavy (non-hydrogen) atoms. The van der Waals surface area contributed by atoms with Crippen molar-refractivity contribution in [3.8, 4) is 0 Å². The van der Waals surface area contributed by atoms with E-state index >= 15 is 0 Å². The molecule has 2 nitrogen and oxygen atoms in total. The van der Waals surface area contributed by atoms with Gasteiger partial charge in [-0.25, -0.2) is 8.78 Å². The van der Waals surface area contributed by atoms with Gasteiger partial charge >= 0.3 is 0 Å². The van der Waals surface area contributed by atoms with Crippen molar-refractivity contribution in [2.45, 2.75) is 24.8 Å². The van der Waals surface area contributed by atoms with E-state index in [0.717, 1.165) is 24.0 Å². The lowest BCUT2D eigenvalue weighted by atomic mass is 9.94. The van der Waals surface area contributed by atoms with Crippen LogP contribution in [0.15, 0.2) is 48.5 Å². The summed E-state index contributed by atoms with van der Waals surface area (Å²) >= 11 is 0. The Morgan fingerprint density at radius 1 is 1.00 bits per heavy atom. The summed E-state index contributed by atoms with van der Waals surface area (Å²) in [7, 11) is 1.75. The molecule has 0 unspecified atom stereocenters. The molecule has 0 heterocycles. The number of likely N-dealkylation sites (N-methyl/N-ethyl adjacent to an activating group) is 1. The summed E-state index contributed by atoms with van der Waals surface area (Å²) in [4.78, 5) is 14.4. The van der Waals surface area contributed by atoms with Gasteiger partial charge in [0.2, 0.25) is 5.91 Å². The lowest BCUT2D eigenvalue weighted by Gasteiger charge is -2.24. The minimum atomic E-state index is -0.511. The Bertz CT molecular complexity index is 675. The second-order valence-electron chi connectivity index (χ2n) is 5.88. The van der Waals surface area contributed by atoms with Gasteiger partial charge in [0, 0.05) is 13.6 Å². The summed E-state index contributed by atoms with van der Waals surface area (Å²) in [6.45, 7) is 0.433. The van der Waals surface area contributed by atoms with Gasteiger partial charge in [-0.1, -0.05) is 24.3 Å². The Labute approximate surface area is 128 Å². The summed E-state index contributed by atoms with van der Waals surface area (Å²) in [5.41, 5.74) is 1.24. The third-order valence-electron chi connectivity index (χ3n) is 4.24. The molecule has 0 saturated heterocycles. The monoisotopic (exact) mass is 301 g/mol. The van der Waals surface area contributed by atoms with Gasteiger partial charge in [-0.3, -0.25) is 4.79 Å². The Morgan fingerprint density at radius 2 is 1.50 bits per heavy atom. The summed E-state index contributed by atoms with van der Waals surface area (Å²) < 4.78 is 26.0. The highest BCUT2D eigenvalue weighted by Crippen LogP contribution is 2.49. The van der Waals surface area contributed by atoms with Crippen LogP contribution in [-0.4, -0.2) is 17.9 Å². The van der Waals surface area contributed by atoms with Crippen LogP contribution < -0.4 is 0 Å². The van der Waals surface area contributed by atoms with Crippen LogP contribution in [0.3, 0.4) is 0 Å². The quantitative estimate of drug-likeness (QED) is 0.844. The normalized spacial score (nSPS) is 15.4. The van der Waals surface area contributed by atoms with Crippen molar-refractivity contribution in [2.75, 3.05) is 7.05 Å². The summed E-state index contributed by atoms with van der Waals surface area (Å²) in [6, 6.07) is 12.3. The number of amides is 1. The van der Waals surface area contributed by atoms with Crippen molar-refractivity contribution < 1.29 is 13.6 Å². The predicted octanol–water partition coefficient (Wildman–Crippen LogP) is 3.66. The van der Waals surface area contributed by atoms with E-state index in [1.54, 1.807) is 36.2 Å². The predicted molar refractivity (Wildman–Crippen MR) is 80.2 cm³/mol. The van der Waals surface area contributed by atoms with E-state index in [0.29, 0.717) is 6.54 Å². The van der Waals surface area contributed by atoms with Crippen molar-refractivity contribution >= 4 is 5.91 Å². The van der Waals surface area contributed by atoms with E-state index < -0.39 is 5.41 Å². The number of hydrogen-bond donors (Lipinski definition) is 0. The first kappa shape index (κ1) is 14.7. The molecule has 0 bridgehead atoms. The van der Waals surface area contributed by atoms with Crippen LogP contribution in [0, 0.1) is 11.6 Å². The van der Waals surface area contributed by atoms with Crippen molar-refractivity contribution in [1.82, 2.24) is 4.90 Å². The van der Waals surface area contributed by atoms with Crippen molar-refractivity contribution in [2.24, 2.45) is 0 Å². The van der Waals surface area contributed by atoms with Crippen LogP contribution in [0.25, 0.3) is 0 Å². The summed E-state index contributed by atoms with van der Waals surface area (Å²) in [5, 5.41) is 0. The molecule has 0 N–H and O–H groups in total. The van der Waals surface area contributed by atoms with Crippen molar-refractivity contribution in [3.05, 3.63) is 71.3 Å². The number of halogens is 2. The number of rotatable bonds is 4. The van der Waals surface area contributed by atoms with Crippen LogP contribution in [0.2, 0.25) is 0 Å². The maximum absolute atomic E-state index is 13.0. The average molecular weight is 301 g/mol. The molecule has 0 radical (unpaired) electrons. The van der Waals surface area contributed by atoms with E-state index in [-0.39, 0.29) is 17.5 Å². The van der Waals surface area contributed by atoms with E-state index in [1.807, 2.05) is 0 Å². The Hall–Kier alpha value is -2.23. The van der Waals surface area contributed by atoms with Crippen LogP contribution >= 0.6 is 0 Å². The molecule has 0 spiro atoms. The first-order chi connectivity index (χ1) is 10.5. The highest BCUT2D eigenvalue weighted by atomic mass is 19.1. The molecule has 1 saturated carbocycles. The number of carbonyl (C=O) groups is 1. The first-order valence-corrected chi connectivity index (χ1v) is 7.27. The lowest BCUT2D eigenvalue weighted by Crippen LogP contribution is -2.36. The molecule has 4 heteroatoms. The third kappa shape index (κ3) is 2.73. The zero-order chi connectivity index (χ0) is 15.7. The van der Waals surface area contributed by atoms with E-state index in [2.05, 4.69) is 0 Å². The van der Waals surface area contributed by atoms with Gasteiger partial charge in [0.15, 0.2) is 0 Å². The molecule has 1 fully saturated rings. The molecule has 2 aromatic carbocycles. The molecule has 1 amide bonds. The van der Waals surface area contributed by atoms with Gasteiger partial charge in [0.1, 0.15) is 11.6 Å². The Kier molecular flexibility index (Phi) is 3.69. The van der Waals surface area contributed by atoms with Crippen LogP contribution in [0.1, 0.15) is 24.0 Å². The van der Waals surface area contributed by atoms with Crippen molar-refractivity contribution in [1.29, 1.82) is 0 Å². The molecule has 114 valence electrons. The number of carbonyl (C=O) groups excluding carboxylic acids is 1. The number of benzene rings is 2. The molecule has 3 rings (SSSR count). The fourth-order valence-corrected chi connectivity index (χ4v) is 2.82. The maximum atomic E-state index is 13.0. The maximum Gasteiger partial charge on any atom is 0.233 e. The molecule has 0 atom stereocenters. The second kappa shape index (κ2) is 5.52. The highest BCUT2D eigenvalue weighted by molar-refractivity contribution is 5.91. The average Bonchev–Trinajstić information content (AvgIpc) is 3.31. The standard InChI is InChI=1S/C18H17F2NO/c1-21(12-13-2-6-15(19)7-3-13)17(22)18(10-11-18)14-4-8-16(20)9-5-14/h2-9H,10-12H2,1H3. The molecular formula is C18H17F2NO.